The summed E-state index contributed by atoms with van der Waals surface area (Å²) in [7, 11) is 0. The summed E-state index contributed by atoms with van der Waals surface area (Å²) in [6, 6.07) is 0. The molecule has 0 aliphatic rings. The van der Waals surface area contributed by atoms with E-state index in [-0.39, 0.29) is 52.5 Å². The molecule has 0 saturated heterocycles. The molecular weight excluding hydrogens is 159 g/mol. The predicted molar refractivity (Wildman–Crippen MR) is 12.5 cm³/mol. The zero-order chi connectivity index (χ0) is 0. The van der Waals surface area contributed by atoms with E-state index in [1.165, 1.54) is 0 Å². The summed E-state index contributed by atoms with van der Waals surface area (Å²) in [6.07, 6.45) is 0. The Bertz CT molecular complexity index is 8.00. The van der Waals surface area contributed by atoms with Gasteiger partial charge in [0.25, 0.3) is 0 Å². The Morgan fingerprint density at radius 2 is 1.00 bits per heavy atom. The topological polar surface area (TPSA) is 0 Å². The zero-order valence-corrected chi connectivity index (χ0v) is 4.20. The first-order valence-electron chi connectivity index (χ1n) is 0. The summed E-state index contributed by atoms with van der Waals surface area (Å²) in [4.78, 5) is 0. The van der Waals surface area contributed by atoms with Crippen molar-refractivity contribution in [1.82, 2.24) is 0 Å². The van der Waals surface area contributed by atoms with E-state index < -0.39 is 0 Å². The Balaban J connectivity index is 0. The molecule has 31 valence electrons. The predicted octanol–water partition coefficient (Wildman–Crippen LogP) is 0.250. The second-order valence-electron chi connectivity index (χ2n) is 0. The molecule has 0 aromatic heterocycles. The Hall–Kier alpha value is 1.26. The van der Waals surface area contributed by atoms with Gasteiger partial charge in [0.05, 0.1) is 0 Å². The van der Waals surface area contributed by atoms with Gasteiger partial charge in [0, 0.05) is 45.1 Å². The summed E-state index contributed by atoms with van der Waals surface area (Å²) in [5.74, 6) is 0. The summed E-state index contributed by atoms with van der Waals surface area (Å²) in [5.41, 5.74) is 0. The SMILES string of the molecule is C.[Cu].[Fe].[Si]. The molecule has 0 aliphatic carbocycles. The maximum absolute atomic E-state index is 0. The van der Waals surface area contributed by atoms with Gasteiger partial charge in [0.15, 0.2) is 0 Å². The molecule has 5 radical (unpaired) electrons. The molecule has 0 bridgehead atoms. The van der Waals surface area contributed by atoms with E-state index in [1.807, 2.05) is 0 Å². The summed E-state index contributed by atoms with van der Waals surface area (Å²) < 4.78 is 0. The zero-order valence-electron chi connectivity index (χ0n) is 1.16. The molecule has 0 spiro atoms. The van der Waals surface area contributed by atoms with Crippen molar-refractivity contribution in [1.29, 1.82) is 0 Å². The van der Waals surface area contributed by atoms with E-state index in [1.54, 1.807) is 0 Å². The van der Waals surface area contributed by atoms with Crippen LogP contribution in [0.25, 0.3) is 0 Å². The van der Waals surface area contributed by atoms with E-state index in [9.17, 15) is 0 Å². The van der Waals surface area contributed by atoms with Gasteiger partial charge in [0.2, 0.25) is 0 Å². The third kappa shape index (κ3) is 10.5. The van der Waals surface area contributed by atoms with Crippen molar-refractivity contribution < 1.29 is 34.1 Å². The summed E-state index contributed by atoms with van der Waals surface area (Å²) in [6.45, 7) is 0. The van der Waals surface area contributed by atoms with Crippen LogP contribution in [0.3, 0.4) is 0 Å². The molecular formula is CH4CuFeSi. The fourth-order valence-corrected chi connectivity index (χ4v) is 0. The van der Waals surface area contributed by atoms with Crippen LogP contribution in [0.5, 0.6) is 0 Å². The normalized spacial score (nSPS) is 0. The fraction of sp³-hybridized carbons (Fsp3) is 1.00. The second kappa shape index (κ2) is 28.6. The molecule has 0 unspecified atom stereocenters. The number of hydrogen-bond acceptors (Lipinski definition) is 0. The second-order valence-corrected chi connectivity index (χ2v) is 0. The average Bonchev–Trinajstić information content (AvgIpc) is 0. The van der Waals surface area contributed by atoms with E-state index in [0.29, 0.717) is 0 Å². The smallest absolute Gasteiger partial charge is 0 e. The van der Waals surface area contributed by atoms with E-state index in [2.05, 4.69) is 0 Å². The van der Waals surface area contributed by atoms with Crippen LogP contribution < -0.4 is 0 Å². The van der Waals surface area contributed by atoms with Crippen LogP contribution in [0.2, 0.25) is 0 Å². The molecule has 3 heteroatoms. The van der Waals surface area contributed by atoms with Gasteiger partial charge in [-0.25, -0.2) is 0 Å². The van der Waals surface area contributed by atoms with Crippen molar-refractivity contribution in [2.24, 2.45) is 0 Å². The third-order valence-electron chi connectivity index (χ3n) is 0. The summed E-state index contributed by atoms with van der Waals surface area (Å²) in [5, 5.41) is 0. The minimum Gasteiger partial charge on any atom is -0.0776 e. The van der Waals surface area contributed by atoms with E-state index >= 15 is 0 Å². The van der Waals surface area contributed by atoms with E-state index in [0.717, 1.165) is 0 Å². The molecule has 0 atom stereocenters. The molecule has 0 rings (SSSR count). The molecule has 0 fully saturated rings. The summed E-state index contributed by atoms with van der Waals surface area (Å²) >= 11 is 0. The molecule has 0 aromatic rings. The first kappa shape index (κ1) is 60.4. The van der Waals surface area contributed by atoms with Crippen LogP contribution in [-0.2, 0) is 34.1 Å². The van der Waals surface area contributed by atoms with Crippen molar-refractivity contribution in [3.05, 3.63) is 0 Å². The molecule has 0 nitrogen and oxygen atoms in total. The van der Waals surface area contributed by atoms with Crippen molar-refractivity contribution in [3.63, 3.8) is 0 Å². The van der Waals surface area contributed by atoms with Gasteiger partial charge in [0.1, 0.15) is 0 Å². The Morgan fingerprint density at radius 1 is 1.00 bits per heavy atom. The van der Waals surface area contributed by atoms with Crippen LogP contribution in [0.15, 0.2) is 0 Å². The van der Waals surface area contributed by atoms with Crippen LogP contribution >= 0.6 is 0 Å². The first-order chi connectivity index (χ1) is 0. The van der Waals surface area contributed by atoms with Crippen LogP contribution in [0.4, 0.5) is 0 Å². The molecule has 0 heterocycles. The Morgan fingerprint density at radius 3 is 1.00 bits per heavy atom. The van der Waals surface area contributed by atoms with Gasteiger partial charge in [-0.2, -0.15) is 0 Å². The van der Waals surface area contributed by atoms with E-state index in [4.69, 9.17) is 0 Å². The molecule has 4 heavy (non-hydrogen) atoms. The maximum atomic E-state index is 0. The largest absolute Gasteiger partial charge is 0.0776 e. The van der Waals surface area contributed by atoms with Crippen molar-refractivity contribution in [2.45, 2.75) is 7.43 Å². The average molecular weight is 164 g/mol. The fourth-order valence-electron chi connectivity index (χ4n) is 0. The van der Waals surface area contributed by atoms with Crippen LogP contribution in [0.1, 0.15) is 7.43 Å². The maximum Gasteiger partial charge on any atom is 0 e. The molecule has 0 saturated carbocycles. The van der Waals surface area contributed by atoms with Gasteiger partial charge in [-0.05, 0) is 0 Å². The van der Waals surface area contributed by atoms with Gasteiger partial charge < -0.3 is 0 Å². The van der Waals surface area contributed by atoms with Gasteiger partial charge in [-0.3, -0.25) is 0 Å². The number of hydrogen-bond donors (Lipinski definition) is 0. The number of rotatable bonds is 0. The molecule has 0 aliphatic heterocycles. The molecule has 0 aromatic carbocycles. The minimum absolute atomic E-state index is 0. The molecule has 0 N–H and O–H groups in total. The monoisotopic (exact) mass is 163 g/mol. The minimum atomic E-state index is 0. The van der Waals surface area contributed by atoms with Crippen LogP contribution in [-0.4, -0.2) is 11.0 Å². The molecule has 0 amide bonds. The van der Waals surface area contributed by atoms with Crippen LogP contribution in [0, 0.1) is 0 Å². The standard InChI is InChI=1S/CH4.Cu.Fe.Si/h1H4;;;. The van der Waals surface area contributed by atoms with Crippen molar-refractivity contribution >= 4 is 11.0 Å². The van der Waals surface area contributed by atoms with Crippen molar-refractivity contribution in [2.75, 3.05) is 0 Å². The van der Waals surface area contributed by atoms with Gasteiger partial charge in [-0.1, -0.05) is 7.43 Å². The Kier molecular flexibility index (Phi) is 432. The Labute approximate surface area is 52.7 Å². The third-order valence-corrected chi connectivity index (χ3v) is 0. The van der Waals surface area contributed by atoms with Gasteiger partial charge in [-0.15, -0.1) is 0 Å². The quantitative estimate of drug-likeness (QED) is 0.449. The van der Waals surface area contributed by atoms with Gasteiger partial charge >= 0.3 is 0 Å². The first-order valence-corrected chi connectivity index (χ1v) is 0. The van der Waals surface area contributed by atoms with Crippen molar-refractivity contribution in [3.8, 4) is 0 Å².